The van der Waals surface area contributed by atoms with Crippen molar-refractivity contribution in [3.05, 3.63) is 113 Å². The zero-order valence-corrected chi connectivity index (χ0v) is 38.5. The minimum absolute atomic E-state index is 0.00121. The second-order valence-corrected chi connectivity index (χ2v) is 22.4. The van der Waals surface area contributed by atoms with Crippen LogP contribution >= 0.6 is 0 Å². The van der Waals surface area contributed by atoms with E-state index in [-0.39, 0.29) is 28.7 Å². The lowest BCUT2D eigenvalue weighted by molar-refractivity contribution is -0.140. The number of rotatable bonds is 13. The van der Waals surface area contributed by atoms with Gasteiger partial charge in [-0.2, -0.15) is 31.6 Å². The van der Waals surface area contributed by atoms with E-state index in [0.717, 1.165) is 42.5 Å². The molecule has 12 nitrogen and oxygen atoms in total. The average molecular weight is 1020 g/mol. The molecule has 0 heterocycles. The van der Waals surface area contributed by atoms with Gasteiger partial charge in [0.25, 0.3) is 0 Å². The monoisotopic (exact) mass is 1020 g/mol. The molecule has 4 aromatic carbocycles. The Morgan fingerprint density at radius 2 is 1.04 bits per heavy atom. The van der Waals surface area contributed by atoms with Gasteiger partial charge in [0.05, 0.1) is 61.5 Å². The second-order valence-electron chi connectivity index (χ2n) is 18.1. The van der Waals surface area contributed by atoms with E-state index >= 15 is 0 Å². The number of carbonyl (C=O) groups excluding carboxylic acids is 2. The summed E-state index contributed by atoms with van der Waals surface area (Å²) in [4.78, 5) is 29.5. The first-order valence-electron chi connectivity index (χ1n) is 21.9. The molecular weight excluding hydrogens is 977 g/mol. The molecule has 0 saturated heterocycles. The fraction of sp³-hybridized carbons (Fsp3) is 0.417. The highest BCUT2D eigenvalue weighted by Gasteiger charge is 2.54. The van der Waals surface area contributed by atoms with Crippen LogP contribution in [0, 0.1) is 40.9 Å². The molecule has 4 aliphatic rings. The summed E-state index contributed by atoms with van der Waals surface area (Å²) < 4.78 is 181. The highest BCUT2D eigenvalue weighted by Crippen LogP contribution is 2.46. The van der Waals surface area contributed by atoms with Crippen molar-refractivity contribution < 1.29 is 71.0 Å². The maximum absolute atomic E-state index is 14.5. The number of ether oxygens (including phenoxy) is 2. The van der Waals surface area contributed by atoms with Gasteiger partial charge in [-0.3, -0.25) is 9.59 Å². The number of amides is 2. The van der Waals surface area contributed by atoms with Crippen molar-refractivity contribution in [3.8, 4) is 34.4 Å². The number of methoxy groups -OCH3 is 1. The average Bonchev–Trinajstić information content (AvgIpc) is 4.16. The highest BCUT2D eigenvalue weighted by atomic mass is 32.2. The maximum atomic E-state index is 14.5. The second kappa shape index (κ2) is 18.7. The van der Waals surface area contributed by atoms with Gasteiger partial charge < -0.3 is 20.1 Å². The summed E-state index contributed by atoms with van der Waals surface area (Å²) in [6, 6.07) is 19.3. The van der Waals surface area contributed by atoms with E-state index in [2.05, 4.69) is 21.5 Å². The molecular formula is C48H43F8N4O8S2+. The first-order valence-corrected chi connectivity index (χ1v) is 25.0. The van der Waals surface area contributed by atoms with Crippen molar-refractivity contribution in [1.82, 2.24) is 10.6 Å². The molecule has 2 amide bonds. The van der Waals surface area contributed by atoms with Gasteiger partial charge in [0.1, 0.15) is 17.2 Å². The molecule has 0 radical (unpaired) electrons. The Labute approximate surface area is 397 Å². The van der Waals surface area contributed by atoms with Crippen LogP contribution in [0.25, 0.3) is 27.1 Å². The summed E-state index contributed by atoms with van der Waals surface area (Å²) in [6.45, 7) is -0.561. The number of benzene rings is 4. The van der Waals surface area contributed by atoms with Crippen LogP contribution in [0.15, 0.2) is 94.7 Å². The lowest BCUT2D eigenvalue weighted by Crippen LogP contribution is -2.42. The number of hydrogen-bond acceptors (Lipinski definition) is 9. The molecule has 0 aromatic heterocycles. The van der Waals surface area contributed by atoms with Gasteiger partial charge in [-0.25, -0.2) is 25.6 Å². The molecule has 6 atom stereocenters. The summed E-state index contributed by atoms with van der Waals surface area (Å²) in [7, 11) is -8.32. The molecule has 22 heteroatoms. The van der Waals surface area contributed by atoms with Gasteiger partial charge in [-0.15, -0.1) is 0 Å². The molecule has 0 bridgehead atoms. The summed E-state index contributed by atoms with van der Waals surface area (Å²) in [5.41, 5.74) is -4.87. The minimum Gasteiger partial charge on any atom is -0.381 e. The zero-order valence-electron chi connectivity index (χ0n) is 36.9. The smallest absolute Gasteiger partial charge is 0.381 e. The van der Waals surface area contributed by atoms with Crippen molar-refractivity contribution in [2.24, 2.45) is 11.8 Å². The number of nitrogens with one attached hydrogen (secondary N) is 2. The molecule has 4 aliphatic carbocycles. The van der Waals surface area contributed by atoms with Crippen molar-refractivity contribution in [2.45, 2.75) is 107 Å². The molecule has 2 N–H and O–H groups in total. The molecule has 370 valence electrons. The van der Waals surface area contributed by atoms with Crippen molar-refractivity contribution in [2.75, 3.05) is 13.8 Å². The molecule has 4 fully saturated rings. The van der Waals surface area contributed by atoms with Crippen LogP contribution in [-0.2, 0) is 51.1 Å². The molecule has 4 saturated carbocycles. The molecule has 4 aromatic rings. The summed E-state index contributed by atoms with van der Waals surface area (Å²) in [6.07, 6.45) is -12.9. The topological polar surface area (TPSA) is 173 Å². The molecule has 6 unspecified atom stereocenters. The number of sulfone groups is 2. The van der Waals surface area contributed by atoms with E-state index < -0.39 is 148 Å². The van der Waals surface area contributed by atoms with Crippen molar-refractivity contribution in [1.29, 1.82) is 5.26 Å². The van der Waals surface area contributed by atoms with E-state index in [0.29, 0.717) is 37.8 Å². The predicted octanol–water partition coefficient (Wildman–Crippen LogP) is 8.65. The minimum atomic E-state index is -5.14. The molecule has 0 spiro atoms. The van der Waals surface area contributed by atoms with E-state index in [4.69, 9.17) is 9.47 Å². The van der Waals surface area contributed by atoms with E-state index in [1.54, 1.807) is 0 Å². The lowest BCUT2D eigenvalue weighted by Gasteiger charge is -2.19. The zero-order chi connectivity index (χ0) is 50.6. The SMILES string of the molecule is COC1CC(S(=O)(=O)c2ccc(-c3ccc(F)cc3)cc2C(F)(F)F)CC1C(=O)NC1(C#[N+]COC2CC(S(=O)(=O)c3ccc(-c4ccc(F)cc4)cc3C(F)(F)F)CC2C(=O)NC2(C#N)CC2)CC1. The Balaban J connectivity index is 0.961. The Hall–Kier alpha value is -5.94. The predicted molar refractivity (Wildman–Crippen MR) is 235 cm³/mol. The Bertz CT molecular complexity index is 3030. The molecule has 8 rings (SSSR count). The van der Waals surface area contributed by atoms with Crippen LogP contribution in [0.2, 0.25) is 0 Å². The van der Waals surface area contributed by atoms with Gasteiger partial charge in [-0.1, -0.05) is 36.4 Å². The number of hydrogen-bond donors (Lipinski definition) is 2. The van der Waals surface area contributed by atoms with Gasteiger partial charge in [0.15, 0.2) is 25.2 Å². The van der Waals surface area contributed by atoms with Gasteiger partial charge >= 0.3 is 25.2 Å². The normalized spacial score (nSPS) is 23.7. The van der Waals surface area contributed by atoms with Crippen LogP contribution in [-0.4, -0.2) is 76.3 Å². The largest absolute Gasteiger partial charge is 0.417 e. The first kappa shape index (κ1) is 50.4. The number of halogens is 8. The van der Waals surface area contributed by atoms with Crippen LogP contribution in [0.1, 0.15) is 62.5 Å². The quantitative estimate of drug-likeness (QED) is 0.124. The molecule has 70 heavy (non-hydrogen) atoms. The summed E-state index contributed by atoms with van der Waals surface area (Å²) >= 11 is 0. The van der Waals surface area contributed by atoms with Crippen LogP contribution in [0.4, 0.5) is 35.1 Å². The highest BCUT2D eigenvalue weighted by molar-refractivity contribution is 7.92. The number of nitriles is 1. The van der Waals surface area contributed by atoms with Gasteiger partial charge in [0, 0.05) is 7.11 Å². The van der Waals surface area contributed by atoms with E-state index in [1.807, 2.05) is 6.07 Å². The lowest BCUT2D eigenvalue weighted by atomic mass is 10.0. The Morgan fingerprint density at radius 1 is 0.643 bits per heavy atom. The number of nitrogens with zero attached hydrogens (tertiary/aromatic N) is 2. The fourth-order valence-corrected chi connectivity index (χ4v) is 13.2. The third-order valence-electron chi connectivity index (χ3n) is 13.4. The number of carbonyl (C=O) groups is 2. The van der Waals surface area contributed by atoms with Gasteiger partial charge in [0.2, 0.25) is 11.8 Å². The third-order valence-corrected chi connectivity index (χ3v) is 17.9. The number of alkyl halides is 6. The van der Waals surface area contributed by atoms with Crippen molar-refractivity contribution >= 4 is 31.5 Å². The standard InChI is InChI=1S/C48H42F8N4O8S2/c1-67-39-22-33(69(63,64)41-12-6-29(18-37(41)47(51,52)53)27-2-8-31(49)9-3-27)20-35(39)43(61)60-46(16-17-46)25-58-26-68-40-23-34(21-36(40)44(62)59-45(24-57)14-15-45)70(65,66)42-13-7-30(19-38(42)48(54,55)56)28-4-10-32(50)11-5-28/h2-13,18-19,33-36,39-40H,14-17,20-23,26H2,1H3,(H-,59,60,61,62)/p+1. The van der Waals surface area contributed by atoms with Crippen LogP contribution in [0.5, 0.6) is 0 Å². The van der Waals surface area contributed by atoms with Crippen LogP contribution in [0.3, 0.4) is 0 Å². The Kier molecular flexibility index (Phi) is 13.5. The molecule has 0 aliphatic heterocycles. The third kappa shape index (κ3) is 10.4. The maximum Gasteiger partial charge on any atom is 0.417 e. The van der Waals surface area contributed by atoms with Gasteiger partial charge in [-0.05, 0) is 127 Å². The van der Waals surface area contributed by atoms with E-state index in [9.17, 15) is 66.8 Å². The fourth-order valence-electron chi connectivity index (χ4n) is 9.17. The first-order chi connectivity index (χ1) is 32.9. The van der Waals surface area contributed by atoms with E-state index in [1.165, 1.54) is 37.4 Å². The van der Waals surface area contributed by atoms with Crippen LogP contribution < -0.4 is 10.6 Å². The summed E-state index contributed by atoms with van der Waals surface area (Å²) in [5, 5.41) is 12.0. The Morgan fingerprint density at radius 3 is 1.44 bits per heavy atom. The summed E-state index contributed by atoms with van der Waals surface area (Å²) in [5.74, 6) is -5.07. The van der Waals surface area contributed by atoms with Crippen molar-refractivity contribution in [3.63, 3.8) is 0 Å².